The molecule has 0 aromatic heterocycles. The number of carboxylic acids is 1. The highest BCUT2D eigenvalue weighted by Crippen LogP contribution is 2.12. The summed E-state index contributed by atoms with van der Waals surface area (Å²) >= 11 is 0. The number of carbonyl (C=O) groups is 2. The molecule has 1 unspecified atom stereocenters. The van der Waals surface area contributed by atoms with Gasteiger partial charge >= 0.3 is 5.97 Å². The van der Waals surface area contributed by atoms with Crippen LogP contribution in [0.4, 0.5) is 4.39 Å². The van der Waals surface area contributed by atoms with Gasteiger partial charge in [0.05, 0.1) is 0 Å². The Hall–Kier alpha value is -2.89. The van der Waals surface area contributed by atoms with Gasteiger partial charge in [0, 0.05) is 12.0 Å². The van der Waals surface area contributed by atoms with Gasteiger partial charge in [0.2, 0.25) is 0 Å². The molecule has 0 aliphatic carbocycles. The topological polar surface area (TPSA) is 86.6 Å². The lowest BCUT2D eigenvalue weighted by Gasteiger charge is -2.14. The van der Waals surface area contributed by atoms with Crippen molar-refractivity contribution in [2.45, 2.75) is 12.5 Å². The monoisotopic (exact) mass is 303 g/mol. The van der Waals surface area contributed by atoms with Crippen molar-refractivity contribution in [3.05, 3.63) is 65.5 Å². The number of aliphatic carboxylic acids is 1. The zero-order valence-corrected chi connectivity index (χ0v) is 11.5. The van der Waals surface area contributed by atoms with Crippen LogP contribution in [0.25, 0.3) is 0 Å². The minimum atomic E-state index is -1.18. The minimum absolute atomic E-state index is 0.0720. The second-order valence-corrected chi connectivity index (χ2v) is 4.74. The summed E-state index contributed by atoms with van der Waals surface area (Å²) < 4.78 is 12.8. The van der Waals surface area contributed by atoms with Crippen molar-refractivity contribution in [1.82, 2.24) is 5.32 Å². The van der Waals surface area contributed by atoms with Crippen LogP contribution in [-0.4, -0.2) is 28.1 Å². The van der Waals surface area contributed by atoms with E-state index in [4.69, 9.17) is 0 Å². The van der Waals surface area contributed by atoms with Crippen molar-refractivity contribution in [2.24, 2.45) is 0 Å². The first-order valence-corrected chi connectivity index (χ1v) is 6.53. The molecule has 2 aromatic carbocycles. The van der Waals surface area contributed by atoms with E-state index in [9.17, 15) is 24.2 Å². The van der Waals surface area contributed by atoms with Crippen LogP contribution in [0.15, 0.2) is 48.5 Å². The molecule has 6 heteroatoms. The predicted molar refractivity (Wildman–Crippen MR) is 77.1 cm³/mol. The molecule has 0 bridgehead atoms. The summed E-state index contributed by atoms with van der Waals surface area (Å²) in [7, 11) is 0. The molecule has 0 spiro atoms. The van der Waals surface area contributed by atoms with Crippen molar-refractivity contribution in [2.75, 3.05) is 0 Å². The number of phenolic OH excluding ortho intramolecular Hbond substituents is 1. The fourth-order valence-electron chi connectivity index (χ4n) is 1.91. The molecule has 0 aliphatic heterocycles. The maximum atomic E-state index is 12.8. The zero-order valence-electron chi connectivity index (χ0n) is 11.5. The summed E-state index contributed by atoms with van der Waals surface area (Å²) in [5.74, 6) is -2.17. The van der Waals surface area contributed by atoms with Crippen LogP contribution < -0.4 is 5.32 Å². The van der Waals surface area contributed by atoms with E-state index in [0.717, 1.165) is 12.1 Å². The Bertz CT molecular complexity index is 668. The number of rotatable bonds is 5. The van der Waals surface area contributed by atoms with Gasteiger partial charge < -0.3 is 15.5 Å². The average Bonchev–Trinajstić information content (AvgIpc) is 2.49. The summed E-state index contributed by atoms with van der Waals surface area (Å²) in [6.45, 7) is 0. The highest BCUT2D eigenvalue weighted by Gasteiger charge is 2.21. The minimum Gasteiger partial charge on any atom is -0.508 e. The van der Waals surface area contributed by atoms with Crippen molar-refractivity contribution in [1.29, 1.82) is 0 Å². The molecule has 1 atom stereocenters. The van der Waals surface area contributed by atoms with Gasteiger partial charge in [-0.25, -0.2) is 9.18 Å². The SMILES string of the molecule is O=C(NC(Cc1ccc(O)cc1)C(=O)O)c1ccc(F)cc1. The number of hydrogen-bond acceptors (Lipinski definition) is 3. The van der Waals surface area contributed by atoms with Crippen LogP contribution in [0.2, 0.25) is 0 Å². The molecule has 22 heavy (non-hydrogen) atoms. The van der Waals surface area contributed by atoms with Gasteiger partial charge in [0.1, 0.15) is 17.6 Å². The predicted octanol–water partition coefficient (Wildman–Crippen LogP) is 1.96. The Morgan fingerprint density at radius 1 is 1.05 bits per heavy atom. The molecule has 3 N–H and O–H groups in total. The maximum absolute atomic E-state index is 12.8. The molecule has 2 aromatic rings. The number of carbonyl (C=O) groups excluding carboxylic acids is 1. The number of hydrogen-bond donors (Lipinski definition) is 3. The first-order chi connectivity index (χ1) is 10.5. The van der Waals surface area contributed by atoms with Crippen LogP contribution in [0.1, 0.15) is 15.9 Å². The molecule has 0 aliphatic rings. The van der Waals surface area contributed by atoms with Gasteiger partial charge in [-0.05, 0) is 42.0 Å². The van der Waals surface area contributed by atoms with E-state index < -0.39 is 23.7 Å². The van der Waals surface area contributed by atoms with Gasteiger partial charge in [-0.3, -0.25) is 4.79 Å². The van der Waals surface area contributed by atoms with Crippen molar-refractivity contribution in [3.63, 3.8) is 0 Å². The number of nitrogens with one attached hydrogen (secondary N) is 1. The largest absolute Gasteiger partial charge is 0.508 e. The Balaban J connectivity index is 2.08. The number of halogens is 1. The molecule has 5 nitrogen and oxygen atoms in total. The third-order valence-electron chi connectivity index (χ3n) is 3.09. The molecular formula is C16H14FNO4. The third-order valence-corrected chi connectivity index (χ3v) is 3.09. The zero-order chi connectivity index (χ0) is 16.1. The third kappa shape index (κ3) is 4.05. The van der Waals surface area contributed by atoms with Gasteiger partial charge in [-0.15, -0.1) is 0 Å². The molecule has 114 valence electrons. The lowest BCUT2D eigenvalue weighted by molar-refractivity contribution is -0.139. The van der Waals surface area contributed by atoms with Crippen molar-refractivity contribution < 1.29 is 24.2 Å². The van der Waals surface area contributed by atoms with E-state index >= 15 is 0 Å². The molecule has 0 fully saturated rings. The summed E-state index contributed by atoms with van der Waals surface area (Å²) in [4.78, 5) is 23.2. The molecule has 1 amide bonds. The van der Waals surface area contributed by atoms with Crippen molar-refractivity contribution in [3.8, 4) is 5.75 Å². The van der Waals surface area contributed by atoms with Crippen LogP contribution in [0, 0.1) is 5.82 Å². The maximum Gasteiger partial charge on any atom is 0.326 e. The second-order valence-electron chi connectivity index (χ2n) is 4.74. The highest BCUT2D eigenvalue weighted by molar-refractivity contribution is 5.96. The number of carboxylic acid groups (broad SMARTS) is 1. The number of amides is 1. The fourth-order valence-corrected chi connectivity index (χ4v) is 1.91. The van der Waals surface area contributed by atoms with Gasteiger partial charge in [-0.2, -0.15) is 0 Å². The van der Waals surface area contributed by atoms with E-state index in [-0.39, 0.29) is 17.7 Å². The first-order valence-electron chi connectivity index (χ1n) is 6.53. The summed E-state index contributed by atoms with van der Waals surface area (Å²) in [5.41, 5.74) is 0.836. The Kier molecular flexibility index (Phi) is 4.73. The molecular weight excluding hydrogens is 289 g/mol. The van der Waals surface area contributed by atoms with Crippen LogP contribution in [0.3, 0.4) is 0 Å². The van der Waals surface area contributed by atoms with E-state index in [1.54, 1.807) is 12.1 Å². The van der Waals surface area contributed by atoms with Crippen molar-refractivity contribution >= 4 is 11.9 Å². The lowest BCUT2D eigenvalue weighted by atomic mass is 10.1. The molecule has 0 saturated heterocycles. The van der Waals surface area contributed by atoms with E-state index in [0.29, 0.717) is 5.56 Å². The molecule has 2 rings (SSSR count). The van der Waals surface area contributed by atoms with E-state index in [1.807, 2.05) is 0 Å². The summed E-state index contributed by atoms with van der Waals surface area (Å²) in [6, 6.07) is 9.74. The standard InChI is InChI=1S/C16H14FNO4/c17-12-5-3-11(4-6-12)15(20)18-14(16(21)22)9-10-1-7-13(19)8-2-10/h1-8,14,19H,9H2,(H,18,20)(H,21,22). The Morgan fingerprint density at radius 3 is 2.18 bits per heavy atom. The van der Waals surface area contributed by atoms with Gasteiger partial charge in [-0.1, -0.05) is 12.1 Å². The number of benzene rings is 2. The summed E-state index contributed by atoms with van der Waals surface area (Å²) in [6.07, 6.45) is 0.0720. The van der Waals surface area contributed by atoms with Crippen LogP contribution in [-0.2, 0) is 11.2 Å². The normalized spacial score (nSPS) is 11.7. The van der Waals surface area contributed by atoms with E-state index in [1.165, 1.54) is 24.3 Å². The van der Waals surface area contributed by atoms with Crippen LogP contribution >= 0.6 is 0 Å². The average molecular weight is 303 g/mol. The highest BCUT2D eigenvalue weighted by atomic mass is 19.1. The van der Waals surface area contributed by atoms with Gasteiger partial charge in [0.25, 0.3) is 5.91 Å². The lowest BCUT2D eigenvalue weighted by Crippen LogP contribution is -2.42. The fraction of sp³-hybridized carbons (Fsp3) is 0.125. The number of phenols is 1. The Morgan fingerprint density at radius 2 is 1.64 bits per heavy atom. The summed E-state index contributed by atoms with van der Waals surface area (Å²) in [5, 5.41) is 20.8. The molecule has 0 saturated carbocycles. The van der Waals surface area contributed by atoms with Gasteiger partial charge in [0.15, 0.2) is 0 Å². The first kappa shape index (κ1) is 15.5. The molecule has 0 radical (unpaired) electrons. The Labute approximate surface area is 126 Å². The molecule has 0 heterocycles. The van der Waals surface area contributed by atoms with E-state index in [2.05, 4.69) is 5.32 Å². The second kappa shape index (κ2) is 6.71. The smallest absolute Gasteiger partial charge is 0.326 e. The number of aromatic hydroxyl groups is 1. The van der Waals surface area contributed by atoms with Crippen LogP contribution in [0.5, 0.6) is 5.75 Å². The quantitative estimate of drug-likeness (QED) is 0.788.